The number of rotatable bonds is 3. The lowest BCUT2D eigenvalue weighted by Crippen LogP contribution is -2.46. The summed E-state index contributed by atoms with van der Waals surface area (Å²) in [6, 6.07) is 0. The van der Waals surface area contributed by atoms with Gasteiger partial charge in [0.2, 0.25) is 5.89 Å². The Balaban J connectivity index is 1.32. The summed E-state index contributed by atoms with van der Waals surface area (Å²) in [5.74, 6) is 2.39. The van der Waals surface area contributed by atoms with Gasteiger partial charge in [-0.15, -0.1) is 0 Å². The van der Waals surface area contributed by atoms with Crippen molar-refractivity contribution in [2.45, 2.75) is 37.5 Å². The average Bonchev–Trinajstić information content (AvgIpc) is 3.35. The normalized spacial score (nSPS) is 25.2. The number of likely N-dealkylation sites (tertiary alicyclic amines) is 2. The second-order valence-corrected chi connectivity index (χ2v) is 8.26. The van der Waals surface area contributed by atoms with Crippen LogP contribution >= 0.6 is 0 Å². The van der Waals surface area contributed by atoms with E-state index in [1.807, 2.05) is 4.90 Å². The van der Waals surface area contributed by atoms with Crippen molar-refractivity contribution in [2.75, 3.05) is 33.2 Å². The summed E-state index contributed by atoms with van der Waals surface area (Å²) in [5, 5.41) is 4.33. The molecule has 27 heavy (non-hydrogen) atoms. The number of likely N-dealkylation sites (N-methyl/N-ethyl adjacent to an activating group) is 1. The highest BCUT2D eigenvalue weighted by Gasteiger charge is 2.50. The fourth-order valence-electron chi connectivity index (χ4n) is 4.69. The van der Waals surface area contributed by atoms with Gasteiger partial charge in [0.15, 0.2) is 5.82 Å². The summed E-state index contributed by atoms with van der Waals surface area (Å²) in [4.78, 5) is 29.8. The highest BCUT2D eigenvalue weighted by atomic mass is 16.5. The molecule has 3 aliphatic rings. The molecule has 2 aromatic heterocycles. The molecular formula is C19H24N6O2. The molecule has 0 bridgehead atoms. The Labute approximate surface area is 158 Å². The van der Waals surface area contributed by atoms with Crippen molar-refractivity contribution in [2.24, 2.45) is 5.41 Å². The van der Waals surface area contributed by atoms with Gasteiger partial charge in [-0.25, -0.2) is 4.98 Å². The SMILES string of the molecule is CN1CC(c2noc(C3CC3)n2)C2(CCN(C(=O)c3cnccn3)CC2)C1. The molecule has 1 atom stereocenters. The molecule has 3 fully saturated rings. The zero-order chi connectivity index (χ0) is 18.4. The number of nitrogens with zero attached hydrogens (tertiary/aromatic N) is 6. The molecule has 8 heteroatoms. The molecule has 4 heterocycles. The highest BCUT2D eigenvalue weighted by molar-refractivity contribution is 5.92. The van der Waals surface area contributed by atoms with E-state index in [1.165, 1.54) is 6.20 Å². The third kappa shape index (κ3) is 3.01. The molecule has 2 saturated heterocycles. The summed E-state index contributed by atoms with van der Waals surface area (Å²) in [7, 11) is 2.15. The maximum absolute atomic E-state index is 12.7. The molecule has 0 aromatic carbocycles. The molecule has 0 radical (unpaired) electrons. The monoisotopic (exact) mass is 368 g/mol. The van der Waals surface area contributed by atoms with E-state index < -0.39 is 0 Å². The summed E-state index contributed by atoms with van der Waals surface area (Å²) in [5.41, 5.74) is 0.527. The molecule has 0 N–H and O–H groups in total. The Morgan fingerprint density at radius 3 is 2.78 bits per heavy atom. The number of hydrogen-bond acceptors (Lipinski definition) is 7. The van der Waals surface area contributed by atoms with Crippen molar-refractivity contribution in [1.82, 2.24) is 29.9 Å². The van der Waals surface area contributed by atoms with E-state index in [0.29, 0.717) is 11.6 Å². The first-order chi connectivity index (χ1) is 13.1. The van der Waals surface area contributed by atoms with Gasteiger partial charge in [0.1, 0.15) is 5.69 Å². The number of amides is 1. The van der Waals surface area contributed by atoms with E-state index in [2.05, 4.69) is 27.1 Å². The van der Waals surface area contributed by atoms with Crippen LogP contribution in [0.25, 0.3) is 0 Å². The van der Waals surface area contributed by atoms with Crippen LogP contribution < -0.4 is 0 Å². The largest absolute Gasteiger partial charge is 0.339 e. The molecule has 1 unspecified atom stereocenters. The van der Waals surface area contributed by atoms with Crippen LogP contribution in [-0.4, -0.2) is 69.0 Å². The number of carbonyl (C=O) groups is 1. The average molecular weight is 368 g/mol. The molecule has 2 aliphatic heterocycles. The maximum Gasteiger partial charge on any atom is 0.274 e. The standard InChI is InChI=1S/C19H24N6O2/c1-24-11-14(16-22-17(27-23-16)13-2-3-13)19(12-24)4-8-25(9-5-19)18(26)15-10-20-6-7-21-15/h6-7,10,13-14H,2-5,8-9,11-12H2,1H3. The van der Waals surface area contributed by atoms with Crippen LogP contribution in [0.3, 0.4) is 0 Å². The molecule has 142 valence electrons. The van der Waals surface area contributed by atoms with Crippen LogP contribution in [0.2, 0.25) is 0 Å². The van der Waals surface area contributed by atoms with Crippen LogP contribution in [0.1, 0.15) is 59.7 Å². The quantitative estimate of drug-likeness (QED) is 0.814. The Morgan fingerprint density at radius 1 is 1.26 bits per heavy atom. The Hall–Kier alpha value is -2.35. The molecule has 8 nitrogen and oxygen atoms in total. The topological polar surface area (TPSA) is 88.3 Å². The lowest BCUT2D eigenvalue weighted by atomic mass is 9.70. The lowest BCUT2D eigenvalue weighted by Gasteiger charge is -2.41. The molecule has 1 spiro atoms. The van der Waals surface area contributed by atoms with Crippen molar-refractivity contribution in [3.8, 4) is 0 Å². The minimum Gasteiger partial charge on any atom is -0.339 e. The molecule has 1 aliphatic carbocycles. The fourth-order valence-corrected chi connectivity index (χ4v) is 4.69. The summed E-state index contributed by atoms with van der Waals surface area (Å²) in [6.07, 6.45) is 8.91. The first-order valence-corrected chi connectivity index (χ1v) is 9.72. The summed E-state index contributed by atoms with van der Waals surface area (Å²) >= 11 is 0. The molecule has 1 amide bonds. The Bertz CT molecular complexity index is 826. The van der Waals surface area contributed by atoms with Crippen LogP contribution in [0.15, 0.2) is 23.1 Å². The fraction of sp³-hybridized carbons (Fsp3) is 0.632. The van der Waals surface area contributed by atoms with Crippen LogP contribution in [-0.2, 0) is 0 Å². The van der Waals surface area contributed by atoms with Gasteiger partial charge in [-0.2, -0.15) is 4.98 Å². The van der Waals surface area contributed by atoms with Gasteiger partial charge in [0.05, 0.1) is 6.20 Å². The summed E-state index contributed by atoms with van der Waals surface area (Å²) in [6.45, 7) is 3.42. The third-order valence-corrected chi connectivity index (χ3v) is 6.34. The van der Waals surface area contributed by atoms with Crippen LogP contribution in [0.4, 0.5) is 0 Å². The Kier molecular flexibility index (Phi) is 3.96. The zero-order valence-corrected chi connectivity index (χ0v) is 15.5. The third-order valence-electron chi connectivity index (χ3n) is 6.34. The highest BCUT2D eigenvalue weighted by Crippen LogP contribution is 2.49. The second kappa shape index (κ2) is 6.37. The van der Waals surface area contributed by atoms with E-state index in [4.69, 9.17) is 9.51 Å². The van der Waals surface area contributed by atoms with Gasteiger partial charge in [-0.3, -0.25) is 9.78 Å². The molecular weight excluding hydrogens is 344 g/mol. The minimum atomic E-state index is -0.0311. The van der Waals surface area contributed by atoms with Crippen molar-refractivity contribution < 1.29 is 9.32 Å². The molecule has 5 rings (SSSR count). The number of carbonyl (C=O) groups excluding carboxylic acids is 1. The number of piperidine rings is 1. The van der Waals surface area contributed by atoms with Crippen molar-refractivity contribution >= 4 is 5.91 Å². The van der Waals surface area contributed by atoms with Crippen LogP contribution in [0, 0.1) is 5.41 Å². The van der Waals surface area contributed by atoms with Crippen LogP contribution in [0.5, 0.6) is 0 Å². The minimum absolute atomic E-state index is 0.0311. The van der Waals surface area contributed by atoms with E-state index >= 15 is 0 Å². The smallest absolute Gasteiger partial charge is 0.274 e. The van der Waals surface area contributed by atoms with E-state index in [-0.39, 0.29) is 17.2 Å². The first kappa shape index (κ1) is 16.8. The van der Waals surface area contributed by atoms with Gasteiger partial charge in [0.25, 0.3) is 5.91 Å². The predicted molar refractivity (Wildman–Crippen MR) is 96.1 cm³/mol. The maximum atomic E-state index is 12.7. The first-order valence-electron chi connectivity index (χ1n) is 9.72. The van der Waals surface area contributed by atoms with Gasteiger partial charge in [0, 0.05) is 50.4 Å². The van der Waals surface area contributed by atoms with Gasteiger partial charge >= 0.3 is 0 Å². The number of aromatic nitrogens is 4. The zero-order valence-electron chi connectivity index (χ0n) is 15.5. The van der Waals surface area contributed by atoms with E-state index in [0.717, 1.165) is 63.6 Å². The molecule has 2 aromatic rings. The van der Waals surface area contributed by atoms with Crippen molar-refractivity contribution in [3.05, 3.63) is 36.0 Å². The van der Waals surface area contributed by atoms with Gasteiger partial charge in [-0.05, 0) is 38.1 Å². The predicted octanol–water partition coefficient (Wildman–Crippen LogP) is 1.69. The van der Waals surface area contributed by atoms with Crippen molar-refractivity contribution in [1.29, 1.82) is 0 Å². The van der Waals surface area contributed by atoms with E-state index in [1.54, 1.807) is 12.4 Å². The van der Waals surface area contributed by atoms with Crippen molar-refractivity contribution in [3.63, 3.8) is 0 Å². The molecule has 1 saturated carbocycles. The summed E-state index contributed by atoms with van der Waals surface area (Å²) < 4.78 is 5.53. The van der Waals surface area contributed by atoms with Gasteiger partial charge < -0.3 is 14.3 Å². The van der Waals surface area contributed by atoms with E-state index in [9.17, 15) is 4.79 Å². The lowest BCUT2D eigenvalue weighted by molar-refractivity contribution is 0.0555. The second-order valence-electron chi connectivity index (χ2n) is 8.26. The van der Waals surface area contributed by atoms with Gasteiger partial charge in [-0.1, -0.05) is 5.16 Å². The number of hydrogen-bond donors (Lipinski definition) is 0. The Morgan fingerprint density at radius 2 is 2.07 bits per heavy atom.